The Morgan fingerprint density at radius 2 is 2.18 bits per heavy atom. The number of nitrogens with one attached hydrogen (secondary N) is 1. The topological polar surface area (TPSA) is 72.3 Å². The lowest BCUT2D eigenvalue weighted by Crippen LogP contribution is -2.58. The number of carbonyl (C=O) groups excluding carboxylic acids is 1. The minimum atomic E-state index is -0.264. The summed E-state index contributed by atoms with van der Waals surface area (Å²) < 4.78 is 20.0. The van der Waals surface area contributed by atoms with Crippen molar-refractivity contribution >= 4 is 5.91 Å². The zero-order valence-corrected chi connectivity index (χ0v) is 16.1. The predicted octanol–water partition coefficient (Wildman–Crippen LogP) is 1.59. The molecule has 4 heterocycles. The monoisotopic (exact) mass is 387 g/mol. The molecule has 0 saturated carbocycles. The molecule has 1 amide bonds. The summed E-state index contributed by atoms with van der Waals surface area (Å²) >= 11 is 0. The molecule has 0 radical (unpaired) electrons. The molecule has 2 bridgehead atoms. The van der Waals surface area contributed by atoms with E-state index < -0.39 is 0 Å². The first-order chi connectivity index (χ1) is 13.6. The number of hydrogen-bond acceptors (Lipinski definition) is 5. The van der Waals surface area contributed by atoms with Crippen molar-refractivity contribution in [1.29, 1.82) is 0 Å². The number of amides is 1. The molecule has 150 valence electrons. The molecule has 1 aromatic carbocycles. The maximum atomic E-state index is 13.0. The summed E-state index contributed by atoms with van der Waals surface area (Å²) in [6, 6.07) is 6.64. The van der Waals surface area contributed by atoms with Gasteiger partial charge < -0.3 is 10.1 Å². The van der Waals surface area contributed by atoms with Gasteiger partial charge in [0.25, 0.3) is 0 Å². The number of carbonyl (C=O) groups is 1. The van der Waals surface area contributed by atoms with Gasteiger partial charge in [-0.1, -0.05) is 17.3 Å². The minimum Gasteiger partial charge on any atom is -0.378 e. The lowest BCUT2D eigenvalue weighted by molar-refractivity contribution is -0.133. The first-order valence-electron chi connectivity index (χ1n) is 9.76. The van der Waals surface area contributed by atoms with Crippen LogP contribution in [-0.4, -0.2) is 52.0 Å². The fraction of sp³-hybridized carbons (Fsp3) is 0.550. The van der Waals surface area contributed by atoms with Gasteiger partial charge in [0.05, 0.1) is 25.3 Å². The third-order valence-corrected chi connectivity index (χ3v) is 5.87. The normalized spacial score (nSPS) is 26.4. The van der Waals surface area contributed by atoms with Gasteiger partial charge in [-0.25, -0.2) is 4.39 Å². The maximum absolute atomic E-state index is 13.0. The molecule has 3 aliphatic heterocycles. The van der Waals surface area contributed by atoms with E-state index in [0.717, 1.165) is 43.7 Å². The largest absolute Gasteiger partial charge is 0.378 e. The van der Waals surface area contributed by atoms with Gasteiger partial charge >= 0.3 is 0 Å². The molecule has 1 unspecified atom stereocenters. The van der Waals surface area contributed by atoms with E-state index in [4.69, 9.17) is 4.74 Å². The Morgan fingerprint density at radius 3 is 2.89 bits per heavy atom. The van der Waals surface area contributed by atoms with Gasteiger partial charge in [-0.05, 0) is 43.0 Å². The Morgan fingerprint density at radius 1 is 1.36 bits per heavy atom. The highest BCUT2D eigenvalue weighted by Crippen LogP contribution is 2.37. The molecule has 1 aromatic heterocycles. The number of halogens is 1. The van der Waals surface area contributed by atoms with E-state index >= 15 is 0 Å². The number of aromatic nitrogens is 3. The average Bonchev–Trinajstić information content (AvgIpc) is 3.15. The second-order valence-electron chi connectivity index (χ2n) is 7.75. The molecule has 3 aliphatic rings. The van der Waals surface area contributed by atoms with Crippen LogP contribution in [0.1, 0.15) is 24.1 Å². The van der Waals surface area contributed by atoms with Crippen LogP contribution in [0.15, 0.2) is 30.5 Å². The van der Waals surface area contributed by atoms with Crippen LogP contribution in [0, 0.1) is 17.7 Å². The molecule has 2 aromatic rings. The number of rotatable bonds is 7. The number of nitrogens with zero attached hydrogens (tertiary/aromatic N) is 4. The fourth-order valence-corrected chi connectivity index (χ4v) is 4.41. The first-order valence-corrected chi connectivity index (χ1v) is 9.76. The SMILES string of the molecule is COCc1cn(C[C@H]2C[C@@H]3CCN2C[C@@H]3C(=O)NCc2ccc(F)cc2)nn1. The molecule has 5 rings (SSSR count). The third-order valence-electron chi connectivity index (χ3n) is 5.87. The standard InChI is InChI=1S/C20H26FN5O2/c1-28-13-17-10-26(24-23-17)11-18-8-15-6-7-25(18)12-19(15)20(27)22-9-14-2-4-16(21)5-3-14/h2-5,10,15,18-19H,6-9,11-13H2,1H3,(H,22,27)/t15-,18+,19-/m0/s1. The molecule has 7 nitrogen and oxygen atoms in total. The van der Waals surface area contributed by atoms with Crippen molar-refractivity contribution in [3.63, 3.8) is 0 Å². The quantitative estimate of drug-likeness (QED) is 0.781. The van der Waals surface area contributed by atoms with E-state index in [9.17, 15) is 9.18 Å². The first kappa shape index (κ1) is 19.0. The van der Waals surface area contributed by atoms with Crippen molar-refractivity contribution in [2.75, 3.05) is 20.2 Å². The van der Waals surface area contributed by atoms with Crippen LogP contribution in [0.2, 0.25) is 0 Å². The number of methoxy groups -OCH3 is 1. The second kappa shape index (κ2) is 8.36. The van der Waals surface area contributed by atoms with E-state index in [1.165, 1.54) is 12.1 Å². The van der Waals surface area contributed by atoms with Gasteiger partial charge in [0.15, 0.2) is 0 Å². The Bertz CT molecular complexity index is 809. The summed E-state index contributed by atoms with van der Waals surface area (Å²) in [6.45, 7) is 3.50. The van der Waals surface area contributed by atoms with Gasteiger partial charge in [-0.15, -0.1) is 5.10 Å². The number of fused-ring (bicyclic) bond motifs is 3. The summed E-state index contributed by atoms with van der Waals surface area (Å²) in [5, 5.41) is 11.3. The van der Waals surface area contributed by atoms with Crippen LogP contribution >= 0.6 is 0 Å². The van der Waals surface area contributed by atoms with Crippen molar-refractivity contribution < 1.29 is 13.9 Å². The van der Waals surface area contributed by atoms with Crippen molar-refractivity contribution in [2.45, 2.75) is 38.6 Å². The van der Waals surface area contributed by atoms with Crippen LogP contribution < -0.4 is 5.32 Å². The molecule has 3 fully saturated rings. The lowest BCUT2D eigenvalue weighted by Gasteiger charge is -2.49. The molecule has 0 spiro atoms. The number of ether oxygens (including phenoxy) is 1. The van der Waals surface area contributed by atoms with Gasteiger partial charge in [0.1, 0.15) is 11.5 Å². The Hall–Kier alpha value is -2.32. The summed E-state index contributed by atoms with van der Waals surface area (Å²) in [6.07, 6.45) is 3.98. The number of benzene rings is 1. The van der Waals surface area contributed by atoms with Gasteiger partial charge in [-0.3, -0.25) is 14.4 Å². The minimum absolute atomic E-state index is 0.0187. The molecular weight excluding hydrogens is 361 g/mol. The van der Waals surface area contributed by atoms with E-state index in [2.05, 4.69) is 20.5 Å². The lowest BCUT2D eigenvalue weighted by atomic mass is 9.75. The number of piperidine rings is 3. The summed E-state index contributed by atoms with van der Waals surface area (Å²) in [5.41, 5.74) is 1.74. The molecule has 4 atom stereocenters. The number of hydrogen-bond donors (Lipinski definition) is 1. The molecular formula is C20H26FN5O2. The van der Waals surface area contributed by atoms with Crippen LogP contribution in [-0.2, 0) is 29.2 Å². The van der Waals surface area contributed by atoms with Crippen molar-refractivity contribution in [3.05, 3.63) is 47.5 Å². The van der Waals surface area contributed by atoms with Crippen LogP contribution in [0.25, 0.3) is 0 Å². The molecule has 8 heteroatoms. The van der Waals surface area contributed by atoms with Gasteiger partial charge in [-0.2, -0.15) is 0 Å². The van der Waals surface area contributed by atoms with Gasteiger partial charge in [0, 0.05) is 26.2 Å². The summed E-state index contributed by atoms with van der Waals surface area (Å²) in [5.74, 6) is 0.247. The van der Waals surface area contributed by atoms with Crippen molar-refractivity contribution in [1.82, 2.24) is 25.2 Å². The third kappa shape index (κ3) is 4.23. The van der Waals surface area contributed by atoms with Gasteiger partial charge in [0.2, 0.25) is 5.91 Å². The zero-order chi connectivity index (χ0) is 19.5. The van der Waals surface area contributed by atoms with Crippen LogP contribution in [0.5, 0.6) is 0 Å². The molecule has 28 heavy (non-hydrogen) atoms. The van der Waals surface area contributed by atoms with E-state index in [-0.39, 0.29) is 17.6 Å². The summed E-state index contributed by atoms with van der Waals surface area (Å²) in [7, 11) is 1.64. The van der Waals surface area contributed by atoms with E-state index in [0.29, 0.717) is 25.1 Å². The predicted molar refractivity (Wildman–Crippen MR) is 101 cm³/mol. The smallest absolute Gasteiger partial charge is 0.224 e. The molecule has 1 N–H and O–H groups in total. The highest BCUT2D eigenvalue weighted by atomic mass is 19.1. The highest BCUT2D eigenvalue weighted by molar-refractivity contribution is 5.79. The second-order valence-corrected chi connectivity index (χ2v) is 7.75. The molecule has 0 aliphatic carbocycles. The zero-order valence-electron chi connectivity index (χ0n) is 16.1. The van der Waals surface area contributed by atoms with Crippen LogP contribution in [0.4, 0.5) is 4.39 Å². The Balaban J connectivity index is 1.31. The highest BCUT2D eigenvalue weighted by Gasteiger charge is 2.43. The van der Waals surface area contributed by atoms with Crippen molar-refractivity contribution in [2.24, 2.45) is 11.8 Å². The Kier molecular flexibility index (Phi) is 5.68. The molecule has 3 saturated heterocycles. The van der Waals surface area contributed by atoms with Crippen LogP contribution in [0.3, 0.4) is 0 Å². The summed E-state index contributed by atoms with van der Waals surface area (Å²) in [4.78, 5) is 15.1. The van der Waals surface area contributed by atoms with Crippen molar-refractivity contribution in [3.8, 4) is 0 Å². The Labute approximate surface area is 163 Å². The van der Waals surface area contributed by atoms with E-state index in [1.54, 1.807) is 19.2 Å². The fourth-order valence-electron chi connectivity index (χ4n) is 4.41. The maximum Gasteiger partial charge on any atom is 0.224 e. The van der Waals surface area contributed by atoms with E-state index in [1.807, 2.05) is 10.9 Å². The average molecular weight is 387 g/mol.